The Bertz CT molecular complexity index is 925. The van der Waals surface area contributed by atoms with Crippen LogP contribution in [0.15, 0.2) is 18.6 Å². The second kappa shape index (κ2) is 4.37. The zero-order valence-corrected chi connectivity index (χ0v) is 12.7. The molecule has 0 spiro atoms. The van der Waals surface area contributed by atoms with Crippen LogP contribution in [-0.2, 0) is 14.1 Å². The molecule has 4 aromatic heterocycles. The third-order valence-corrected chi connectivity index (χ3v) is 4.23. The van der Waals surface area contributed by atoms with Crippen LogP contribution in [0.1, 0.15) is 0 Å². The number of halogens is 1. The third-order valence-electron chi connectivity index (χ3n) is 3.05. The van der Waals surface area contributed by atoms with Gasteiger partial charge in [0.2, 0.25) is 4.96 Å². The lowest BCUT2D eigenvalue weighted by atomic mass is 10.3. The average molecular weight is 321 g/mol. The molecule has 0 aliphatic carbocycles. The first-order chi connectivity index (χ1) is 10.1. The van der Waals surface area contributed by atoms with Crippen molar-refractivity contribution in [1.29, 1.82) is 0 Å². The van der Waals surface area contributed by atoms with Crippen LogP contribution >= 0.6 is 22.9 Å². The molecule has 0 atom stereocenters. The van der Waals surface area contributed by atoms with Crippen molar-refractivity contribution < 1.29 is 0 Å². The molecule has 0 saturated carbocycles. The third kappa shape index (κ3) is 1.85. The fourth-order valence-corrected chi connectivity index (χ4v) is 3.32. The maximum atomic E-state index is 6.16. The summed E-state index contributed by atoms with van der Waals surface area (Å²) in [7, 11) is 3.68. The Morgan fingerprint density at radius 1 is 1.14 bits per heavy atom. The largest absolute Gasteiger partial charge is 0.275 e. The monoisotopic (exact) mass is 320 g/mol. The van der Waals surface area contributed by atoms with Crippen molar-refractivity contribution in [3.8, 4) is 22.1 Å². The Kier molecular flexibility index (Phi) is 2.59. The predicted octanol–water partition coefficient (Wildman–Crippen LogP) is 1.64. The first-order valence-electron chi connectivity index (χ1n) is 6.02. The molecule has 0 aromatic carbocycles. The summed E-state index contributed by atoms with van der Waals surface area (Å²) in [5.41, 5.74) is 1.63. The van der Waals surface area contributed by atoms with Crippen LogP contribution in [0.5, 0.6) is 0 Å². The molecular formula is C11H9ClN8S. The lowest BCUT2D eigenvalue weighted by Crippen LogP contribution is -1.95. The SMILES string of the molecule is Cn1cc(-c2nnc3sc(-c4c(Cl)cnn4C)nn23)cn1. The smallest absolute Gasteiger partial charge is 0.235 e. The van der Waals surface area contributed by atoms with Gasteiger partial charge in [0, 0.05) is 20.3 Å². The molecule has 0 saturated heterocycles. The molecule has 4 heterocycles. The molecule has 8 nitrogen and oxygen atoms in total. The molecule has 0 amide bonds. The van der Waals surface area contributed by atoms with Crippen LogP contribution in [0.3, 0.4) is 0 Å². The van der Waals surface area contributed by atoms with E-state index in [1.54, 1.807) is 26.3 Å². The quantitative estimate of drug-likeness (QED) is 0.561. The molecular weight excluding hydrogens is 312 g/mol. The van der Waals surface area contributed by atoms with Gasteiger partial charge in [-0.3, -0.25) is 9.36 Å². The minimum atomic E-state index is 0.561. The zero-order chi connectivity index (χ0) is 14.6. The average Bonchev–Trinajstić information content (AvgIpc) is 3.15. The molecule has 106 valence electrons. The van der Waals surface area contributed by atoms with Crippen LogP contribution in [0.4, 0.5) is 0 Å². The van der Waals surface area contributed by atoms with E-state index in [1.165, 1.54) is 11.3 Å². The van der Waals surface area contributed by atoms with Gasteiger partial charge in [-0.25, -0.2) is 0 Å². The number of hydrogen-bond acceptors (Lipinski definition) is 6. The van der Waals surface area contributed by atoms with E-state index in [9.17, 15) is 0 Å². The van der Waals surface area contributed by atoms with Crippen LogP contribution in [0, 0.1) is 0 Å². The van der Waals surface area contributed by atoms with Gasteiger partial charge in [-0.2, -0.15) is 19.8 Å². The molecule has 0 aliphatic rings. The summed E-state index contributed by atoms with van der Waals surface area (Å²) in [5, 5.41) is 22.4. The molecule has 0 bridgehead atoms. The summed E-state index contributed by atoms with van der Waals surface area (Å²) in [6.45, 7) is 0. The molecule has 0 unspecified atom stereocenters. The van der Waals surface area contributed by atoms with E-state index >= 15 is 0 Å². The number of fused-ring (bicyclic) bond motifs is 1. The van der Waals surface area contributed by atoms with E-state index in [1.807, 2.05) is 20.3 Å². The van der Waals surface area contributed by atoms with Crippen LogP contribution in [-0.4, -0.2) is 39.4 Å². The van der Waals surface area contributed by atoms with Gasteiger partial charge in [-0.1, -0.05) is 22.9 Å². The normalized spacial score (nSPS) is 11.6. The second-order valence-electron chi connectivity index (χ2n) is 4.49. The maximum Gasteiger partial charge on any atom is 0.235 e. The van der Waals surface area contributed by atoms with Crippen molar-refractivity contribution in [3.05, 3.63) is 23.6 Å². The molecule has 0 fully saturated rings. The lowest BCUT2D eigenvalue weighted by molar-refractivity contribution is 0.767. The van der Waals surface area contributed by atoms with Gasteiger partial charge >= 0.3 is 0 Å². The van der Waals surface area contributed by atoms with Crippen molar-refractivity contribution in [2.24, 2.45) is 14.1 Å². The summed E-state index contributed by atoms with van der Waals surface area (Å²) in [6, 6.07) is 0. The lowest BCUT2D eigenvalue weighted by Gasteiger charge is -1.96. The number of rotatable bonds is 2. The highest BCUT2D eigenvalue weighted by molar-refractivity contribution is 7.19. The summed E-state index contributed by atoms with van der Waals surface area (Å²) >= 11 is 7.57. The van der Waals surface area contributed by atoms with Gasteiger partial charge in [0.1, 0.15) is 5.69 Å². The Labute approximate surface area is 127 Å². The maximum absolute atomic E-state index is 6.16. The van der Waals surface area contributed by atoms with Crippen molar-refractivity contribution in [2.45, 2.75) is 0 Å². The topological polar surface area (TPSA) is 78.7 Å². The highest BCUT2D eigenvalue weighted by Crippen LogP contribution is 2.31. The van der Waals surface area contributed by atoms with E-state index in [0.29, 0.717) is 15.8 Å². The minimum absolute atomic E-state index is 0.561. The van der Waals surface area contributed by atoms with Crippen LogP contribution in [0.2, 0.25) is 5.02 Å². The standard InChI is InChI=1S/C11H9ClN8S/c1-18-5-6(3-13-18)9-15-16-11-20(9)17-10(21-11)8-7(12)4-14-19(8)2/h3-5H,1-2H3. The fraction of sp³-hybridized carbons (Fsp3) is 0.182. The van der Waals surface area contributed by atoms with Gasteiger partial charge in [-0.15, -0.1) is 10.2 Å². The van der Waals surface area contributed by atoms with E-state index in [2.05, 4.69) is 25.5 Å². The zero-order valence-electron chi connectivity index (χ0n) is 11.1. The molecule has 0 radical (unpaired) electrons. The Hall–Kier alpha value is -2.26. The van der Waals surface area contributed by atoms with E-state index in [0.717, 1.165) is 16.3 Å². The second-order valence-corrected chi connectivity index (χ2v) is 5.86. The van der Waals surface area contributed by atoms with Gasteiger partial charge in [-0.05, 0) is 0 Å². The molecule has 21 heavy (non-hydrogen) atoms. The van der Waals surface area contributed by atoms with E-state index in [4.69, 9.17) is 11.6 Å². The van der Waals surface area contributed by atoms with Gasteiger partial charge in [0.25, 0.3) is 0 Å². The molecule has 4 aromatic rings. The van der Waals surface area contributed by atoms with Crippen molar-refractivity contribution in [1.82, 2.24) is 39.4 Å². The minimum Gasteiger partial charge on any atom is -0.275 e. The highest BCUT2D eigenvalue weighted by Gasteiger charge is 2.19. The summed E-state index contributed by atoms with van der Waals surface area (Å²) in [5.74, 6) is 0.652. The number of aromatic nitrogens is 8. The van der Waals surface area contributed by atoms with Crippen LogP contribution in [0.25, 0.3) is 27.1 Å². The summed E-state index contributed by atoms with van der Waals surface area (Å²) in [6.07, 6.45) is 5.19. The molecule has 0 N–H and O–H groups in total. The molecule has 4 rings (SSSR count). The van der Waals surface area contributed by atoms with E-state index in [-0.39, 0.29) is 0 Å². The Morgan fingerprint density at radius 2 is 2.00 bits per heavy atom. The number of aryl methyl sites for hydroxylation is 2. The van der Waals surface area contributed by atoms with Crippen molar-refractivity contribution in [3.63, 3.8) is 0 Å². The molecule has 10 heteroatoms. The first-order valence-corrected chi connectivity index (χ1v) is 7.22. The number of hydrogen-bond donors (Lipinski definition) is 0. The van der Waals surface area contributed by atoms with Crippen LogP contribution < -0.4 is 0 Å². The van der Waals surface area contributed by atoms with Crippen molar-refractivity contribution in [2.75, 3.05) is 0 Å². The predicted molar refractivity (Wildman–Crippen MR) is 78.1 cm³/mol. The van der Waals surface area contributed by atoms with Gasteiger partial charge < -0.3 is 0 Å². The highest BCUT2D eigenvalue weighted by atomic mass is 35.5. The Morgan fingerprint density at radius 3 is 2.67 bits per heavy atom. The summed E-state index contributed by atoms with van der Waals surface area (Å²) in [4.78, 5) is 0.695. The van der Waals surface area contributed by atoms with Gasteiger partial charge in [0.15, 0.2) is 10.8 Å². The number of nitrogens with zero attached hydrogens (tertiary/aromatic N) is 8. The fourth-order valence-electron chi connectivity index (χ4n) is 2.08. The molecule has 0 aliphatic heterocycles. The van der Waals surface area contributed by atoms with Gasteiger partial charge in [0.05, 0.1) is 23.0 Å². The first kappa shape index (κ1) is 12.5. The Balaban J connectivity index is 1.90. The summed E-state index contributed by atoms with van der Waals surface area (Å²) < 4.78 is 5.10. The van der Waals surface area contributed by atoms with Crippen molar-refractivity contribution >= 4 is 27.9 Å². The van der Waals surface area contributed by atoms with E-state index < -0.39 is 0 Å².